The fourth-order valence-electron chi connectivity index (χ4n) is 1.90. The molecule has 1 atom stereocenters. The van der Waals surface area contributed by atoms with E-state index < -0.39 is 0 Å². The summed E-state index contributed by atoms with van der Waals surface area (Å²) < 4.78 is 0. The first-order valence-electron chi connectivity index (χ1n) is 6.11. The zero-order valence-electron chi connectivity index (χ0n) is 9.97. The Bertz CT molecular complexity index is 295. The molecule has 0 aromatic heterocycles. The Morgan fingerprint density at radius 2 is 1.94 bits per heavy atom. The smallest absolute Gasteiger partial charge is 0.0510 e. The van der Waals surface area contributed by atoms with Crippen LogP contribution in [-0.2, 0) is 0 Å². The number of unbranched alkanes of at least 4 members (excludes halogenated alkanes) is 3. The average Bonchev–Trinajstić information content (AvgIpc) is 2.34. The monoisotopic (exact) mass is 219 g/mol. The highest BCUT2D eigenvalue weighted by Gasteiger charge is 2.08. The summed E-state index contributed by atoms with van der Waals surface area (Å²) in [5, 5.41) is 11.9. The van der Waals surface area contributed by atoms with Crippen LogP contribution in [0.5, 0.6) is 0 Å². The zero-order valence-corrected chi connectivity index (χ0v) is 9.97. The first kappa shape index (κ1) is 12.8. The Hall–Kier alpha value is -1.31. The van der Waals surface area contributed by atoms with Crippen LogP contribution in [0.3, 0.4) is 0 Å². The van der Waals surface area contributed by atoms with E-state index in [9.17, 15) is 0 Å². The molecule has 0 aliphatic heterocycles. The lowest BCUT2D eigenvalue weighted by atomic mass is 9.94. The van der Waals surface area contributed by atoms with Crippen LogP contribution in [-0.4, -0.2) is 11.4 Å². The first-order chi connectivity index (χ1) is 7.88. The van der Waals surface area contributed by atoms with Crippen molar-refractivity contribution in [1.29, 1.82) is 0 Å². The lowest BCUT2D eigenvalue weighted by Crippen LogP contribution is -2.00. The van der Waals surface area contributed by atoms with E-state index in [0.717, 1.165) is 6.42 Å². The second-order valence-electron chi connectivity index (χ2n) is 4.13. The second-order valence-corrected chi connectivity index (χ2v) is 4.13. The summed E-state index contributed by atoms with van der Waals surface area (Å²) in [6.45, 7) is 2.21. The van der Waals surface area contributed by atoms with Crippen LogP contribution >= 0.6 is 0 Å². The maximum absolute atomic E-state index is 8.67. The van der Waals surface area contributed by atoms with E-state index in [1.807, 2.05) is 18.2 Å². The molecule has 0 radical (unpaired) electrons. The average molecular weight is 219 g/mol. The van der Waals surface area contributed by atoms with Crippen molar-refractivity contribution in [2.45, 2.75) is 44.9 Å². The van der Waals surface area contributed by atoms with Crippen molar-refractivity contribution in [1.82, 2.24) is 0 Å². The molecule has 0 spiro atoms. The second kappa shape index (κ2) is 7.91. The molecule has 0 fully saturated rings. The molecule has 0 aliphatic carbocycles. The van der Waals surface area contributed by atoms with Gasteiger partial charge in [-0.2, -0.15) is 0 Å². The van der Waals surface area contributed by atoms with Gasteiger partial charge < -0.3 is 5.21 Å². The van der Waals surface area contributed by atoms with Gasteiger partial charge in [-0.15, -0.1) is 5.16 Å². The Kier molecular flexibility index (Phi) is 6.31. The molecular formula is C14H21NO. The van der Waals surface area contributed by atoms with Gasteiger partial charge in [0, 0.05) is 5.92 Å². The van der Waals surface area contributed by atoms with E-state index in [-0.39, 0.29) is 5.92 Å². The van der Waals surface area contributed by atoms with Crippen LogP contribution in [0.15, 0.2) is 35.5 Å². The van der Waals surface area contributed by atoms with E-state index in [0.29, 0.717) is 0 Å². The van der Waals surface area contributed by atoms with Crippen LogP contribution in [0.4, 0.5) is 0 Å². The molecule has 0 saturated heterocycles. The van der Waals surface area contributed by atoms with Gasteiger partial charge in [0.15, 0.2) is 0 Å². The predicted octanol–water partition coefficient (Wildman–Crippen LogP) is 4.20. The molecule has 0 heterocycles. The number of benzene rings is 1. The number of hydrogen-bond donors (Lipinski definition) is 1. The van der Waals surface area contributed by atoms with Gasteiger partial charge in [0.05, 0.1) is 6.21 Å². The molecule has 1 rings (SSSR count). The van der Waals surface area contributed by atoms with Gasteiger partial charge in [-0.3, -0.25) is 0 Å². The molecule has 2 heteroatoms. The van der Waals surface area contributed by atoms with Crippen molar-refractivity contribution in [3.8, 4) is 0 Å². The quantitative estimate of drug-likeness (QED) is 0.317. The Morgan fingerprint density at radius 3 is 2.56 bits per heavy atom. The largest absolute Gasteiger partial charge is 0.411 e. The predicted molar refractivity (Wildman–Crippen MR) is 68.2 cm³/mol. The van der Waals surface area contributed by atoms with E-state index in [1.165, 1.54) is 31.2 Å². The third-order valence-corrected chi connectivity index (χ3v) is 2.84. The van der Waals surface area contributed by atoms with Crippen LogP contribution < -0.4 is 0 Å². The highest BCUT2D eigenvalue weighted by molar-refractivity contribution is 5.67. The highest BCUT2D eigenvalue weighted by Crippen LogP contribution is 2.20. The third-order valence-electron chi connectivity index (χ3n) is 2.84. The first-order valence-corrected chi connectivity index (χ1v) is 6.11. The van der Waals surface area contributed by atoms with Crippen molar-refractivity contribution in [2.75, 3.05) is 0 Å². The van der Waals surface area contributed by atoms with Crippen LogP contribution in [0.25, 0.3) is 0 Å². The molecule has 1 aromatic carbocycles. The van der Waals surface area contributed by atoms with Crippen molar-refractivity contribution < 1.29 is 5.21 Å². The van der Waals surface area contributed by atoms with E-state index >= 15 is 0 Å². The maximum atomic E-state index is 8.67. The van der Waals surface area contributed by atoms with E-state index in [1.54, 1.807) is 6.21 Å². The summed E-state index contributed by atoms with van der Waals surface area (Å²) in [4.78, 5) is 0. The highest BCUT2D eigenvalue weighted by atomic mass is 16.4. The number of rotatable bonds is 7. The van der Waals surface area contributed by atoms with Gasteiger partial charge in [-0.1, -0.05) is 62.9 Å². The molecule has 0 amide bonds. The summed E-state index contributed by atoms with van der Waals surface area (Å²) >= 11 is 0. The molecule has 0 bridgehead atoms. The molecule has 16 heavy (non-hydrogen) atoms. The van der Waals surface area contributed by atoms with E-state index in [4.69, 9.17) is 5.21 Å². The van der Waals surface area contributed by atoms with Crippen molar-refractivity contribution in [3.05, 3.63) is 35.9 Å². The summed E-state index contributed by atoms with van der Waals surface area (Å²) in [5.41, 5.74) is 1.23. The number of oxime groups is 1. The fourth-order valence-corrected chi connectivity index (χ4v) is 1.90. The Balaban J connectivity index is 2.48. The van der Waals surface area contributed by atoms with Gasteiger partial charge >= 0.3 is 0 Å². The lowest BCUT2D eigenvalue weighted by molar-refractivity contribution is 0.319. The molecule has 88 valence electrons. The Labute approximate surface area is 98.0 Å². The van der Waals surface area contributed by atoms with Crippen LogP contribution in [0, 0.1) is 0 Å². The van der Waals surface area contributed by atoms with Gasteiger partial charge in [0.1, 0.15) is 0 Å². The molecule has 0 aliphatic rings. The zero-order chi connectivity index (χ0) is 11.6. The summed E-state index contributed by atoms with van der Waals surface area (Å²) in [5.74, 6) is 0.253. The molecule has 1 unspecified atom stereocenters. The normalized spacial score (nSPS) is 13.1. The van der Waals surface area contributed by atoms with Crippen LogP contribution in [0.2, 0.25) is 0 Å². The minimum atomic E-state index is 0.253. The minimum Gasteiger partial charge on any atom is -0.411 e. The Morgan fingerprint density at radius 1 is 1.19 bits per heavy atom. The summed E-state index contributed by atoms with van der Waals surface area (Å²) in [6, 6.07) is 10.2. The summed E-state index contributed by atoms with van der Waals surface area (Å²) in [7, 11) is 0. The standard InChI is InChI=1S/C14H21NO/c1-2-3-4-6-11-14(12-15-16)13-9-7-5-8-10-13/h5,7-10,12,14,16H,2-4,6,11H2,1H3/b15-12-. The lowest BCUT2D eigenvalue weighted by Gasteiger charge is -2.11. The van der Waals surface area contributed by atoms with Gasteiger partial charge in [-0.25, -0.2) is 0 Å². The maximum Gasteiger partial charge on any atom is 0.0510 e. The van der Waals surface area contributed by atoms with Crippen molar-refractivity contribution in [3.63, 3.8) is 0 Å². The molecule has 1 aromatic rings. The van der Waals surface area contributed by atoms with Gasteiger partial charge in [0.2, 0.25) is 0 Å². The molecule has 1 N–H and O–H groups in total. The minimum absolute atomic E-state index is 0.253. The van der Waals surface area contributed by atoms with E-state index in [2.05, 4.69) is 24.2 Å². The van der Waals surface area contributed by atoms with Gasteiger partial charge in [0.25, 0.3) is 0 Å². The van der Waals surface area contributed by atoms with Crippen LogP contribution in [0.1, 0.15) is 50.5 Å². The molecular weight excluding hydrogens is 198 g/mol. The summed E-state index contributed by atoms with van der Waals surface area (Å²) in [6.07, 6.45) is 7.70. The number of hydrogen-bond acceptors (Lipinski definition) is 2. The fraction of sp³-hybridized carbons (Fsp3) is 0.500. The molecule has 2 nitrogen and oxygen atoms in total. The number of nitrogens with zero attached hydrogens (tertiary/aromatic N) is 1. The SMILES string of the molecule is CCCCCCC(/C=N\O)c1ccccc1. The third kappa shape index (κ3) is 4.47. The molecule has 0 saturated carbocycles. The van der Waals surface area contributed by atoms with Crippen molar-refractivity contribution in [2.24, 2.45) is 5.16 Å². The van der Waals surface area contributed by atoms with Gasteiger partial charge in [-0.05, 0) is 12.0 Å². The topological polar surface area (TPSA) is 32.6 Å². The van der Waals surface area contributed by atoms with Crippen molar-refractivity contribution >= 4 is 6.21 Å².